The molecule has 0 aromatic carbocycles. The van der Waals surface area contributed by atoms with Gasteiger partial charge in [0.15, 0.2) is 0 Å². The van der Waals surface area contributed by atoms with Crippen LogP contribution in [0.2, 0.25) is 0 Å². The van der Waals surface area contributed by atoms with Crippen molar-refractivity contribution in [3.8, 4) is 0 Å². The number of anilines is 2. The van der Waals surface area contributed by atoms with Gasteiger partial charge in [0.2, 0.25) is 0 Å². The quantitative estimate of drug-likeness (QED) is 0.648. The van der Waals surface area contributed by atoms with Crippen LogP contribution < -0.4 is 15.7 Å². The molecule has 1 fully saturated rings. The van der Waals surface area contributed by atoms with Gasteiger partial charge in [-0.3, -0.25) is 5.10 Å². The molecule has 8 heteroatoms. The number of aromatic nitrogens is 4. The minimum atomic E-state index is -0.697. The van der Waals surface area contributed by atoms with Crippen molar-refractivity contribution in [2.24, 2.45) is 0 Å². The topological polar surface area (TPSA) is 102 Å². The van der Waals surface area contributed by atoms with Crippen LogP contribution in [0.25, 0.3) is 11.0 Å². The van der Waals surface area contributed by atoms with E-state index in [1.807, 2.05) is 11.8 Å². The van der Waals surface area contributed by atoms with Gasteiger partial charge < -0.3 is 25.8 Å². The van der Waals surface area contributed by atoms with Crippen LogP contribution in [0.4, 0.5) is 11.8 Å². The number of piperidine rings is 1. The molecule has 2 aromatic rings. The van der Waals surface area contributed by atoms with E-state index in [2.05, 4.69) is 20.2 Å². The molecule has 3 N–H and O–H groups in total. The first-order chi connectivity index (χ1) is 8.55. The summed E-state index contributed by atoms with van der Waals surface area (Å²) in [4.78, 5) is 10.3. The van der Waals surface area contributed by atoms with Gasteiger partial charge in [0.05, 0.1) is 5.60 Å². The summed E-state index contributed by atoms with van der Waals surface area (Å²) >= 11 is 0. The third-order valence-electron chi connectivity index (χ3n) is 3.24. The minimum Gasteiger partial charge on any atom is -0.403 e. The van der Waals surface area contributed by atoms with Crippen molar-refractivity contribution in [3.05, 3.63) is 6.20 Å². The maximum absolute atomic E-state index is 10.2. The van der Waals surface area contributed by atoms with Crippen molar-refractivity contribution in [1.29, 1.82) is 0 Å². The fraction of sp³-hybridized carbons (Fsp3) is 0.545. The van der Waals surface area contributed by atoms with Crippen LogP contribution in [0.1, 0.15) is 19.8 Å². The minimum absolute atomic E-state index is 0. The van der Waals surface area contributed by atoms with E-state index in [9.17, 15) is 5.11 Å². The van der Waals surface area contributed by atoms with Gasteiger partial charge in [-0.25, -0.2) is 4.98 Å². The van der Waals surface area contributed by atoms with Crippen molar-refractivity contribution in [2.75, 3.05) is 23.7 Å². The van der Waals surface area contributed by atoms with Crippen LogP contribution >= 0.6 is 0 Å². The number of aliphatic hydroxyl groups is 1. The zero-order chi connectivity index (χ0) is 12.8. The first-order valence-electron chi connectivity index (χ1n) is 5.94. The van der Waals surface area contributed by atoms with E-state index in [1.165, 1.54) is 0 Å². The molecule has 1 aliphatic heterocycles. The molecule has 0 amide bonds. The van der Waals surface area contributed by atoms with E-state index in [1.54, 1.807) is 6.20 Å². The summed E-state index contributed by atoms with van der Waals surface area (Å²) in [5.74, 6) is 0.894. The molecule has 103 valence electrons. The fourth-order valence-corrected chi connectivity index (χ4v) is 2.44. The number of hydrogen-bond donors (Lipinski definition) is 2. The third-order valence-corrected chi connectivity index (χ3v) is 3.24. The van der Waals surface area contributed by atoms with Crippen molar-refractivity contribution in [2.45, 2.75) is 25.4 Å². The maximum atomic E-state index is 10.2. The van der Waals surface area contributed by atoms with Crippen molar-refractivity contribution in [3.63, 3.8) is 0 Å². The molecule has 3 heterocycles. The third kappa shape index (κ3) is 2.71. The summed E-state index contributed by atoms with van der Waals surface area (Å²) in [5.41, 5.74) is 5.48. The van der Waals surface area contributed by atoms with Gasteiger partial charge in [0.25, 0.3) is 0 Å². The first-order valence-corrected chi connectivity index (χ1v) is 5.94. The van der Waals surface area contributed by atoms with E-state index in [4.69, 9.17) is 5.73 Å². The number of fused-ring (bicyclic) bond motifs is 1. The Morgan fingerprint density at radius 3 is 3.00 bits per heavy atom. The number of nitrogens with two attached hydrogens (primary N) is 1. The molecule has 1 aliphatic rings. The molecule has 7 nitrogen and oxygen atoms in total. The summed E-state index contributed by atoms with van der Waals surface area (Å²) < 4.78 is 0. The molecular weight excluding hydrogens is 418 g/mol. The summed E-state index contributed by atoms with van der Waals surface area (Å²) in [7, 11) is 0. The van der Waals surface area contributed by atoms with Crippen molar-refractivity contribution < 1.29 is 25.5 Å². The predicted molar refractivity (Wildman–Crippen MR) is 67.1 cm³/mol. The van der Waals surface area contributed by atoms with Gasteiger partial charge in [0, 0.05) is 45.1 Å². The molecular formula is C11H15N6ORe-. The Balaban J connectivity index is 0.00000133. The molecule has 3 rings (SSSR count). The monoisotopic (exact) mass is 434 g/mol. The summed E-state index contributed by atoms with van der Waals surface area (Å²) in [5, 5.41) is 18.7. The van der Waals surface area contributed by atoms with Gasteiger partial charge in [-0.05, 0) is 25.4 Å². The van der Waals surface area contributed by atoms with Crippen LogP contribution in [0.5, 0.6) is 0 Å². The average molecular weight is 433 g/mol. The normalized spacial score (nSPS) is 23.4. The van der Waals surface area contributed by atoms with Gasteiger partial charge in [-0.15, -0.1) is 0 Å². The predicted octanol–water partition coefficient (Wildman–Crippen LogP) is -0.0871. The van der Waals surface area contributed by atoms with E-state index < -0.39 is 5.60 Å². The molecule has 2 aromatic heterocycles. The van der Waals surface area contributed by atoms with Gasteiger partial charge >= 0.3 is 0 Å². The van der Waals surface area contributed by atoms with Gasteiger partial charge in [0.1, 0.15) is 11.8 Å². The molecule has 0 aliphatic carbocycles. The molecule has 1 saturated heterocycles. The summed E-state index contributed by atoms with van der Waals surface area (Å²) in [6, 6.07) is 0. The Morgan fingerprint density at radius 1 is 1.47 bits per heavy atom. The standard InChI is InChI=1S/C11H15N6O.Re/c1-11(18)3-2-4-17(6-11)9-7-5-13-16-8(7)14-10(12)15-9;/h5,18H,2-4,6H2,1H3,(H2-,12,13,14,15,16);/q-1;/t11-;/m0./s1. The Hall–Kier alpha value is -1.23. The summed E-state index contributed by atoms with van der Waals surface area (Å²) in [6.45, 7) is 3.21. The average Bonchev–Trinajstić information content (AvgIpc) is 2.74. The van der Waals surface area contributed by atoms with E-state index >= 15 is 0 Å². The first kappa shape index (κ1) is 14.2. The number of rotatable bonds is 1. The van der Waals surface area contributed by atoms with Crippen LogP contribution in [-0.2, 0) is 20.4 Å². The van der Waals surface area contributed by atoms with Gasteiger partial charge in [-0.1, -0.05) is 0 Å². The van der Waals surface area contributed by atoms with Crippen molar-refractivity contribution >= 4 is 22.8 Å². The fourth-order valence-electron chi connectivity index (χ4n) is 2.44. The number of nitrogens with zero attached hydrogens (tertiary/aromatic N) is 5. The van der Waals surface area contributed by atoms with Crippen LogP contribution in [0.15, 0.2) is 6.20 Å². The smallest absolute Gasteiger partial charge is 0.139 e. The van der Waals surface area contributed by atoms with E-state index in [-0.39, 0.29) is 26.4 Å². The number of nitrogen functional groups attached to an aromatic ring is 1. The summed E-state index contributed by atoms with van der Waals surface area (Å²) in [6.07, 6.45) is 3.35. The molecule has 0 unspecified atom stereocenters. The van der Waals surface area contributed by atoms with Crippen LogP contribution in [0.3, 0.4) is 0 Å². The second-order valence-electron chi connectivity index (χ2n) is 5.01. The molecule has 0 bridgehead atoms. The Bertz CT molecular complexity index is 584. The second-order valence-corrected chi connectivity index (χ2v) is 5.01. The molecule has 1 atom stereocenters. The van der Waals surface area contributed by atoms with Crippen molar-refractivity contribution in [1.82, 2.24) is 20.2 Å². The molecule has 1 radical (unpaired) electrons. The van der Waals surface area contributed by atoms with E-state index in [0.717, 1.165) is 24.8 Å². The Labute approximate surface area is 124 Å². The Kier molecular flexibility index (Phi) is 3.76. The molecule has 0 saturated carbocycles. The van der Waals surface area contributed by atoms with Crippen LogP contribution in [0, 0.1) is 0 Å². The number of hydrogen-bond acceptors (Lipinski definition) is 6. The zero-order valence-electron chi connectivity index (χ0n) is 10.5. The largest absolute Gasteiger partial charge is 0.403 e. The number of β-amino-alcohol motifs (C(OH)–C–C–N with tert-alkyl or cyclic N) is 1. The maximum Gasteiger partial charge on any atom is 0.139 e. The molecule has 0 spiro atoms. The second kappa shape index (κ2) is 5.04. The van der Waals surface area contributed by atoms with Crippen LogP contribution in [-0.4, -0.2) is 38.9 Å². The van der Waals surface area contributed by atoms with Gasteiger partial charge in [-0.2, -0.15) is 0 Å². The Morgan fingerprint density at radius 2 is 2.26 bits per heavy atom. The van der Waals surface area contributed by atoms with E-state index in [0.29, 0.717) is 18.0 Å². The SMILES string of the molecule is C[C@]1(O)CCCN(c2nc(N)nc3[n-]ncc23)C1.[Re]. The molecule has 19 heavy (non-hydrogen) atoms. The zero-order valence-corrected chi connectivity index (χ0v) is 13.3.